The van der Waals surface area contributed by atoms with E-state index < -0.39 is 5.54 Å². The lowest BCUT2D eigenvalue weighted by Gasteiger charge is -2.29. The van der Waals surface area contributed by atoms with E-state index in [4.69, 9.17) is 4.74 Å². The van der Waals surface area contributed by atoms with Gasteiger partial charge in [0.05, 0.1) is 7.11 Å². The van der Waals surface area contributed by atoms with Gasteiger partial charge in [0.15, 0.2) is 0 Å². The highest BCUT2D eigenvalue weighted by atomic mass is 16.5. The molecule has 0 fully saturated rings. The smallest absolute Gasteiger partial charge is 0.331 e. The van der Waals surface area contributed by atoms with Gasteiger partial charge in [0.1, 0.15) is 5.54 Å². The van der Waals surface area contributed by atoms with Crippen LogP contribution in [-0.2, 0) is 9.53 Å². The second kappa shape index (κ2) is 5.71. The van der Waals surface area contributed by atoms with Crippen LogP contribution in [-0.4, -0.2) is 18.6 Å². The summed E-state index contributed by atoms with van der Waals surface area (Å²) in [4.78, 5) is 11.9. The minimum absolute atomic E-state index is 0.220. The summed E-state index contributed by atoms with van der Waals surface area (Å²) in [6.45, 7) is 5.96. The lowest BCUT2D eigenvalue weighted by Crippen LogP contribution is -2.44. The van der Waals surface area contributed by atoms with Gasteiger partial charge in [-0.1, -0.05) is 31.5 Å². The van der Waals surface area contributed by atoms with E-state index in [1.807, 2.05) is 38.1 Å². The van der Waals surface area contributed by atoms with Crippen molar-refractivity contribution < 1.29 is 9.53 Å². The Labute approximate surface area is 103 Å². The molecule has 0 aromatic heterocycles. The van der Waals surface area contributed by atoms with Gasteiger partial charge in [-0.15, -0.1) is 0 Å². The van der Waals surface area contributed by atoms with E-state index in [0.717, 1.165) is 24.1 Å². The average molecular weight is 235 g/mol. The molecule has 3 heteroatoms. The van der Waals surface area contributed by atoms with Gasteiger partial charge >= 0.3 is 5.97 Å². The summed E-state index contributed by atoms with van der Waals surface area (Å²) in [5.74, 6) is -0.220. The van der Waals surface area contributed by atoms with E-state index in [1.165, 1.54) is 7.11 Å². The predicted octanol–water partition coefficient (Wildman–Crippen LogP) is 3.14. The van der Waals surface area contributed by atoms with Crippen molar-refractivity contribution in [3.05, 3.63) is 29.8 Å². The van der Waals surface area contributed by atoms with E-state index in [0.29, 0.717) is 0 Å². The molecule has 1 atom stereocenters. The molecule has 1 unspecified atom stereocenters. The standard InChI is InChI=1S/C14H21NO2/c1-5-10-14(3,13(16)17-4)15-12-9-7-6-8-11(12)2/h6-9,15H,5,10H2,1-4H3. The van der Waals surface area contributed by atoms with Crippen molar-refractivity contribution in [1.29, 1.82) is 0 Å². The van der Waals surface area contributed by atoms with Crippen LogP contribution in [0.2, 0.25) is 0 Å². The summed E-state index contributed by atoms with van der Waals surface area (Å²) in [5.41, 5.74) is 1.45. The zero-order valence-corrected chi connectivity index (χ0v) is 11.0. The van der Waals surface area contributed by atoms with Gasteiger partial charge < -0.3 is 10.1 Å². The third-order valence-electron chi connectivity index (χ3n) is 2.94. The Balaban J connectivity index is 2.94. The van der Waals surface area contributed by atoms with Crippen molar-refractivity contribution in [2.75, 3.05) is 12.4 Å². The second-order valence-electron chi connectivity index (χ2n) is 4.51. The maximum Gasteiger partial charge on any atom is 0.331 e. The van der Waals surface area contributed by atoms with E-state index in [-0.39, 0.29) is 5.97 Å². The van der Waals surface area contributed by atoms with Crippen molar-refractivity contribution >= 4 is 11.7 Å². The number of benzene rings is 1. The SMILES string of the molecule is CCCC(C)(Nc1ccccc1C)C(=O)OC. The van der Waals surface area contributed by atoms with Crippen LogP contribution in [0.5, 0.6) is 0 Å². The van der Waals surface area contributed by atoms with Crippen LogP contribution in [0.4, 0.5) is 5.69 Å². The van der Waals surface area contributed by atoms with Crippen LogP contribution in [0.15, 0.2) is 24.3 Å². The summed E-state index contributed by atoms with van der Waals surface area (Å²) >= 11 is 0. The lowest BCUT2D eigenvalue weighted by atomic mass is 9.95. The first-order chi connectivity index (χ1) is 8.03. The predicted molar refractivity (Wildman–Crippen MR) is 70.1 cm³/mol. The third kappa shape index (κ3) is 3.22. The summed E-state index contributed by atoms with van der Waals surface area (Å²) in [6, 6.07) is 7.94. The van der Waals surface area contributed by atoms with Gasteiger partial charge in [-0.3, -0.25) is 0 Å². The van der Waals surface area contributed by atoms with Crippen LogP contribution >= 0.6 is 0 Å². The van der Waals surface area contributed by atoms with E-state index in [9.17, 15) is 4.79 Å². The molecule has 0 amide bonds. The number of carbonyl (C=O) groups excluding carboxylic acids is 1. The van der Waals surface area contributed by atoms with E-state index >= 15 is 0 Å². The number of methoxy groups -OCH3 is 1. The van der Waals surface area contributed by atoms with Crippen LogP contribution in [0.25, 0.3) is 0 Å². The molecule has 0 saturated carbocycles. The largest absolute Gasteiger partial charge is 0.467 e. The molecule has 1 rings (SSSR count). The maximum absolute atomic E-state index is 11.9. The average Bonchev–Trinajstić information content (AvgIpc) is 2.31. The molecule has 0 aliphatic heterocycles. The molecule has 0 aliphatic carbocycles. The van der Waals surface area contributed by atoms with Gasteiger partial charge in [-0.25, -0.2) is 4.79 Å². The van der Waals surface area contributed by atoms with Gasteiger partial charge in [-0.2, -0.15) is 0 Å². The number of hydrogen-bond acceptors (Lipinski definition) is 3. The van der Waals surface area contributed by atoms with E-state index in [1.54, 1.807) is 0 Å². The number of rotatable bonds is 5. The molecule has 0 bridgehead atoms. The number of nitrogens with one attached hydrogen (secondary N) is 1. The lowest BCUT2D eigenvalue weighted by molar-refractivity contribution is -0.145. The highest BCUT2D eigenvalue weighted by Gasteiger charge is 2.33. The minimum atomic E-state index is -0.657. The molecular formula is C14H21NO2. The van der Waals surface area contributed by atoms with Crippen molar-refractivity contribution in [2.24, 2.45) is 0 Å². The molecule has 1 aromatic rings. The van der Waals surface area contributed by atoms with Crippen LogP contribution in [0, 0.1) is 6.92 Å². The molecular weight excluding hydrogens is 214 g/mol. The Bertz CT molecular complexity index is 390. The fourth-order valence-corrected chi connectivity index (χ4v) is 1.95. The third-order valence-corrected chi connectivity index (χ3v) is 2.94. The number of anilines is 1. The van der Waals surface area contributed by atoms with Crippen molar-refractivity contribution in [1.82, 2.24) is 0 Å². The van der Waals surface area contributed by atoms with Crippen LogP contribution in [0.1, 0.15) is 32.3 Å². The Morgan fingerprint density at radius 1 is 1.41 bits per heavy atom. The summed E-state index contributed by atoms with van der Waals surface area (Å²) in [6.07, 6.45) is 1.67. The highest BCUT2D eigenvalue weighted by Crippen LogP contribution is 2.23. The molecule has 0 radical (unpaired) electrons. The fourth-order valence-electron chi connectivity index (χ4n) is 1.95. The highest BCUT2D eigenvalue weighted by molar-refractivity contribution is 5.84. The Morgan fingerprint density at radius 2 is 2.06 bits per heavy atom. The van der Waals surface area contributed by atoms with E-state index in [2.05, 4.69) is 12.2 Å². The molecule has 3 nitrogen and oxygen atoms in total. The first-order valence-electron chi connectivity index (χ1n) is 5.95. The quantitative estimate of drug-likeness (QED) is 0.797. The molecule has 0 spiro atoms. The summed E-state index contributed by atoms with van der Waals surface area (Å²) in [5, 5.41) is 3.30. The first kappa shape index (κ1) is 13.6. The molecule has 0 saturated heterocycles. The number of esters is 1. The second-order valence-corrected chi connectivity index (χ2v) is 4.51. The molecule has 1 aromatic carbocycles. The monoisotopic (exact) mass is 235 g/mol. The fraction of sp³-hybridized carbons (Fsp3) is 0.500. The van der Waals surface area contributed by atoms with Gasteiger partial charge in [-0.05, 0) is 31.9 Å². The summed E-state index contributed by atoms with van der Waals surface area (Å²) < 4.78 is 4.88. The molecule has 17 heavy (non-hydrogen) atoms. The Kier molecular flexibility index (Phi) is 4.55. The molecule has 1 N–H and O–H groups in total. The molecule has 0 heterocycles. The van der Waals surface area contributed by atoms with Crippen LogP contribution in [0.3, 0.4) is 0 Å². The van der Waals surface area contributed by atoms with Crippen molar-refractivity contribution in [2.45, 2.75) is 39.2 Å². The summed E-state index contributed by atoms with van der Waals surface area (Å²) in [7, 11) is 1.43. The van der Waals surface area contributed by atoms with Gasteiger partial charge in [0.25, 0.3) is 0 Å². The molecule has 0 aliphatic rings. The molecule has 94 valence electrons. The van der Waals surface area contributed by atoms with Gasteiger partial charge in [0, 0.05) is 5.69 Å². The zero-order chi connectivity index (χ0) is 12.9. The maximum atomic E-state index is 11.9. The number of ether oxygens (including phenoxy) is 1. The topological polar surface area (TPSA) is 38.3 Å². The zero-order valence-electron chi connectivity index (χ0n) is 11.0. The number of hydrogen-bond donors (Lipinski definition) is 1. The van der Waals surface area contributed by atoms with Gasteiger partial charge in [0.2, 0.25) is 0 Å². The van der Waals surface area contributed by atoms with Crippen molar-refractivity contribution in [3.8, 4) is 0 Å². The Morgan fingerprint density at radius 3 is 2.59 bits per heavy atom. The Hall–Kier alpha value is -1.51. The van der Waals surface area contributed by atoms with Crippen molar-refractivity contribution in [3.63, 3.8) is 0 Å². The normalized spacial score (nSPS) is 13.9. The number of aryl methyl sites for hydroxylation is 1. The number of para-hydroxylation sites is 1. The van der Waals surface area contributed by atoms with Crippen LogP contribution < -0.4 is 5.32 Å². The first-order valence-corrected chi connectivity index (χ1v) is 5.95. The minimum Gasteiger partial charge on any atom is -0.467 e. The number of carbonyl (C=O) groups is 1.